The molecule has 0 bridgehead atoms. The molecule has 2 fully saturated rings. The fraction of sp³-hybridized carbons (Fsp3) is 0.900. The Morgan fingerprint density at radius 2 is 2.36 bits per heavy atom. The summed E-state index contributed by atoms with van der Waals surface area (Å²) >= 11 is 0. The Balaban J connectivity index is 1.82. The number of hydrogen-bond acceptors (Lipinski definition) is 3. The summed E-state index contributed by atoms with van der Waals surface area (Å²) in [5.41, 5.74) is -0.590. The molecule has 0 aromatic heterocycles. The second kappa shape index (κ2) is 3.51. The van der Waals surface area contributed by atoms with Gasteiger partial charge in [0, 0.05) is 12.6 Å². The van der Waals surface area contributed by atoms with Crippen LogP contribution in [-0.2, 0) is 4.79 Å². The molecule has 0 aromatic rings. The molecule has 1 saturated heterocycles. The van der Waals surface area contributed by atoms with Crippen LogP contribution in [0, 0.1) is 0 Å². The van der Waals surface area contributed by atoms with Gasteiger partial charge in [0.15, 0.2) is 0 Å². The van der Waals surface area contributed by atoms with Gasteiger partial charge in [0.1, 0.15) is 0 Å². The number of carbonyl (C=O) groups is 1. The van der Waals surface area contributed by atoms with Gasteiger partial charge < -0.3 is 15.7 Å². The number of rotatable bonds is 2. The van der Waals surface area contributed by atoms with Crippen molar-refractivity contribution >= 4 is 5.91 Å². The van der Waals surface area contributed by atoms with Crippen LogP contribution in [0.25, 0.3) is 0 Å². The minimum atomic E-state index is -0.590. The Labute approximate surface area is 84.1 Å². The highest BCUT2D eigenvalue weighted by Gasteiger charge is 2.34. The van der Waals surface area contributed by atoms with Gasteiger partial charge in [-0.3, -0.25) is 4.79 Å². The summed E-state index contributed by atoms with van der Waals surface area (Å²) < 4.78 is 0. The molecular weight excluding hydrogens is 180 g/mol. The SMILES string of the molecule is C[C@]1(O)CCC[C@H](NC(=O)C2CN2)C1. The maximum atomic E-state index is 11.4. The third kappa shape index (κ3) is 2.45. The molecule has 0 aromatic carbocycles. The molecule has 3 N–H and O–H groups in total. The van der Waals surface area contributed by atoms with E-state index in [0.717, 1.165) is 25.8 Å². The molecule has 0 radical (unpaired) electrons. The van der Waals surface area contributed by atoms with E-state index in [9.17, 15) is 9.90 Å². The van der Waals surface area contributed by atoms with Crippen molar-refractivity contribution in [1.29, 1.82) is 0 Å². The molecule has 4 nitrogen and oxygen atoms in total. The lowest BCUT2D eigenvalue weighted by atomic mass is 9.83. The largest absolute Gasteiger partial charge is 0.390 e. The molecule has 3 atom stereocenters. The first-order valence-electron chi connectivity index (χ1n) is 5.33. The van der Waals surface area contributed by atoms with E-state index in [-0.39, 0.29) is 18.0 Å². The zero-order valence-corrected chi connectivity index (χ0v) is 8.55. The molecule has 2 rings (SSSR count). The Kier molecular flexibility index (Phi) is 2.49. The van der Waals surface area contributed by atoms with Crippen LogP contribution < -0.4 is 10.6 Å². The highest BCUT2D eigenvalue weighted by atomic mass is 16.3. The number of carbonyl (C=O) groups excluding carboxylic acids is 1. The second-order valence-corrected chi connectivity index (χ2v) is 4.76. The van der Waals surface area contributed by atoms with Crippen LogP contribution in [0.15, 0.2) is 0 Å². The van der Waals surface area contributed by atoms with Gasteiger partial charge in [-0.25, -0.2) is 0 Å². The first-order valence-corrected chi connectivity index (χ1v) is 5.33. The third-order valence-electron chi connectivity index (χ3n) is 3.03. The molecule has 0 spiro atoms. The predicted molar refractivity (Wildman–Crippen MR) is 52.8 cm³/mol. The van der Waals surface area contributed by atoms with Crippen LogP contribution in [0.3, 0.4) is 0 Å². The van der Waals surface area contributed by atoms with Crippen molar-refractivity contribution in [2.75, 3.05) is 6.54 Å². The van der Waals surface area contributed by atoms with Gasteiger partial charge in [-0.2, -0.15) is 0 Å². The molecule has 2 aliphatic rings. The Morgan fingerprint density at radius 3 is 2.93 bits per heavy atom. The van der Waals surface area contributed by atoms with Crippen LogP contribution >= 0.6 is 0 Å². The van der Waals surface area contributed by atoms with E-state index in [1.54, 1.807) is 0 Å². The molecular formula is C10H18N2O2. The van der Waals surface area contributed by atoms with Crippen molar-refractivity contribution < 1.29 is 9.90 Å². The summed E-state index contributed by atoms with van der Waals surface area (Å²) in [6, 6.07) is 0.190. The second-order valence-electron chi connectivity index (χ2n) is 4.76. The molecule has 1 amide bonds. The van der Waals surface area contributed by atoms with Gasteiger partial charge >= 0.3 is 0 Å². The molecule has 14 heavy (non-hydrogen) atoms. The van der Waals surface area contributed by atoms with Gasteiger partial charge in [0.2, 0.25) is 5.91 Å². The predicted octanol–water partition coefficient (Wildman–Crippen LogP) is -0.232. The van der Waals surface area contributed by atoms with Crippen LogP contribution in [0.2, 0.25) is 0 Å². The maximum Gasteiger partial charge on any atom is 0.238 e. The molecule has 1 saturated carbocycles. The van der Waals surface area contributed by atoms with Gasteiger partial charge in [-0.15, -0.1) is 0 Å². The quantitative estimate of drug-likeness (QED) is 0.537. The lowest BCUT2D eigenvalue weighted by Gasteiger charge is -2.34. The zero-order valence-electron chi connectivity index (χ0n) is 8.55. The fourth-order valence-electron chi connectivity index (χ4n) is 2.13. The number of aliphatic hydroxyl groups is 1. The average Bonchev–Trinajstić information content (AvgIpc) is 2.83. The topological polar surface area (TPSA) is 71.3 Å². The first kappa shape index (κ1) is 9.93. The molecule has 1 unspecified atom stereocenters. The Morgan fingerprint density at radius 1 is 1.64 bits per heavy atom. The van der Waals surface area contributed by atoms with Crippen molar-refractivity contribution in [2.24, 2.45) is 0 Å². The maximum absolute atomic E-state index is 11.4. The smallest absolute Gasteiger partial charge is 0.238 e. The van der Waals surface area contributed by atoms with Crippen LogP contribution in [0.5, 0.6) is 0 Å². The zero-order chi connectivity index (χ0) is 10.2. The van der Waals surface area contributed by atoms with E-state index in [1.807, 2.05) is 6.92 Å². The van der Waals surface area contributed by atoms with E-state index >= 15 is 0 Å². The van der Waals surface area contributed by atoms with E-state index in [1.165, 1.54) is 0 Å². The normalized spacial score (nSPS) is 41.9. The van der Waals surface area contributed by atoms with E-state index in [2.05, 4.69) is 10.6 Å². The highest BCUT2D eigenvalue weighted by molar-refractivity contribution is 5.84. The minimum Gasteiger partial charge on any atom is -0.390 e. The summed E-state index contributed by atoms with van der Waals surface area (Å²) in [5.74, 6) is 0.0905. The number of nitrogens with one attached hydrogen (secondary N) is 2. The Bertz CT molecular complexity index is 236. The Hall–Kier alpha value is -0.610. The van der Waals surface area contributed by atoms with Gasteiger partial charge in [-0.05, 0) is 32.6 Å². The van der Waals surface area contributed by atoms with Crippen molar-refractivity contribution in [3.05, 3.63) is 0 Å². The summed E-state index contributed by atoms with van der Waals surface area (Å²) in [6.07, 6.45) is 3.52. The molecule has 80 valence electrons. The lowest BCUT2D eigenvalue weighted by molar-refractivity contribution is -0.122. The standard InChI is InChI=1S/C10H18N2O2/c1-10(14)4-2-3-7(5-10)12-9(13)8-6-11-8/h7-8,11,14H,2-6H2,1H3,(H,12,13)/t7-,8?,10-/m0/s1. The minimum absolute atomic E-state index is 0.0295. The van der Waals surface area contributed by atoms with Gasteiger partial charge in [0.25, 0.3) is 0 Å². The third-order valence-corrected chi connectivity index (χ3v) is 3.03. The molecule has 4 heteroatoms. The molecule has 1 aliphatic heterocycles. The van der Waals surface area contributed by atoms with E-state index in [0.29, 0.717) is 6.42 Å². The fourth-order valence-corrected chi connectivity index (χ4v) is 2.13. The highest BCUT2D eigenvalue weighted by Crippen LogP contribution is 2.27. The average molecular weight is 198 g/mol. The van der Waals surface area contributed by atoms with Crippen LogP contribution in [0.4, 0.5) is 0 Å². The summed E-state index contributed by atoms with van der Waals surface area (Å²) in [4.78, 5) is 11.4. The monoisotopic (exact) mass is 198 g/mol. The number of hydrogen-bond donors (Lipinski definition) is 3. The number of amides is 1. The molecule has 1 aliphatic carbocycles. The van der Waals surface area contributed by atoms with Crippen molar-refractivity contribution in [3.8, 4) is 0 Å². The van der Waals surface area contributed by atoms with Crippen LogP contribution in [-0.4, -0.2) is 35.2 Å². The lowest BCUT2D eigenvalue weighted by Crippen LogP contribution is -2.45. The summed E-state index contributed by atoms with van der Waals surface area (Å²) in [5, 5.41) is 15.8. The molecule has 1 heterocycles. The van der Waals surface area contributed by atoms with E-state index in [4.69, 9.17) is 0 Å². The van der Waals surface area contributed by atoms with Crippen molar-refractivity contribution in [2.45, 2.75) is 50.3 Å². The van der Waals surface area contributed by atoms with Gasteiger partial charge in [-0.1, -0.05) is 0 Å². The van der Waals surface area contributed by atoms with Gasteiger partial charge in [0.05, 0.1) is 11.6 Å². The van der Waals surface area contributed by atoms with Crippen molar-refractivity contribution in [3.63, 3.8) is 0 Å². The summed E-state index contributed by atoms with van der Waals surface area (Å²) in [6.45, 7) is 2.65. The van der Waals surface area contributed by atoms with Crippen LogP contribution in [0.1, 0.15) is 32.6 Å². The summed E-state index contributed by atoms with van der Waals surface area (Å²) in [7, 11) is 0. The first-order chi connectivity index (χ1) is 6.57. The van der Waals surface area contributed by atoms with Crippen molar-refractivity contribution in [1.82, 2.24) is 10.6 Å². The van der Waals surface area contributed by atoms with E-state index < -0.39 is 5.60 Å².